The molecule has 0 aromatic carbocycles. The number of methoxy groups -OCH3 is 1. The highest BCUT2D eigenvalue weighted by Gasteiger charge is 2.33. The average Bonchev–Trinajstić information content (AvgIpc) is 3.00. The second-order valence-corrected chi connectivity index (χ2v) is 6.99. The van der Waals surface area contributed by atoms with Crippen molar-refractivity contribution in [3.8, 4) is 5.88 Å². The van der Waals surface area contributed by atoms with Crippen molar-refractivity contribution in [3.63, 3.8) is 0 Å². The molecule has 1 aliphatic heterocycles. The normalized spacial score (nSPS) is 21.3. The van der Waals surface area contributed by atoms with Gasteiger partial charge in [-0.2, -0.15) is 4.98 Å². The fourth-order valence-electron chi connectivity index (χ4n) is 3.80. The molecule has 1 fully saturated rings. The number of ether oxygens (including phenoxy) is 1. The van der Waals surface area contributed by atoms with E-state index in [9.17, 15) is 0 Å². The fourth-order valence-corrected chi connectivity index (χ4v) is 3.80. The third-order valence-electron chi connectivity index (χ3n) is 5.04. The fraction of sp³-hybridized carbons (Fsp3) is 0.611. The van der Waals surface area contributed by atoms with E-state index in [-0.39, 0.29) is 0 Å². The zero-order valence-electron chi connectivity index (χ0n) is 15.8. The second kappa shape index (κ2) is 7.39. The summed E-state index contributed by atoms with van der Waals surface area (Å²) in [4.78, 5) is 18.0. The minimum Gasteiger partial charge on any atom is -0.481 e. The van der Waals surface area contributed by atoms with Gasteiger partial charge in [0.05, 0.1) is 25.2 Å². The topological polar surface area (TPSA) is 59.3 Å². The SMILES string of the molecule is COc1cc(C)nc(N(C)C[C@@H]2CCCN(C)[C@H]2c2cncn2C)n1. The first-order valence-electron chi connectivity index (χ1n) is 8.77. The van der Waals surface area contributed by atoms with Gasteiger partial charge in [-0.1, -0.05) is 0 Å². The molecule has 0 spiro atoms. The van der Waals surface area contributed by atoms with E-state index < -0.39 is 0 Å². The van der Waals surface area contributed by atoms with Crippen LogP contribution >= 0.6 is 0 Å². The lowest BCUT2D eigenvalue weighted by Crippen LogP contribution is -2.42. The number of aromatic nitrogens is 4. The van der Waals surface area contributed by atoms with Gasteiger partial charge in [0, 0.05) is 38.6 Å². The average molecular weight is 344 g/mol. The maximum atomic E-state index is 5.29. The van der Waals surface area contributed by atoms with E-state index in [0.29, 0.717) is 23.8 Å². The lowest BCUT2D eigenvalue weighted by atomic mass is 9.87. The molecule has 25 heavy (non-hydrogen) atoms. The van der Waals surface area contributed by atoms with Crippen LogP contribution in [-0.4, -0.2) is 58.7 Å². The number of hydrogen-bond acceptors (Lipinski definition) is 6. The first-order chi connectivity index (χ1) is 12.0. The molecular formula is C18H28N6O. The van der Waals surface area contributed by atoms with Crippen molar-refractivity contribution < 1.29 is 4.74 Å². The number of rotatable bonds is 5. The molecular weight excluding hydrogens is 316 g/mol. The summed E-state index contributed by atoms with van der Waals surface area (Å²) in [6, 6.07) is 2.21. The quantitative estimate of drug-likeness (QED) is 0.827. The molecule has 0 amide bonds. The number of aryl methyl sites for hydroxylation is 2. The van der Waals surface area contributed by atoms with E-state index in [1.807, 2.05) is 25.5 Å². The maximum Gasteiger partial charge on any atom is 0.228 e. The molecule has 0 bridgehead atoms. The Kier molecular flexibility index (Phi) is 5.22. The Morgan fingerprint density at radius 2 is 2.12 bits per heavy atom. The van der Waals surface area contributed by atoms with Crippen LogP contribution in [0.15, 0.2) is 18.6 Å². The van der Waals surface area contributed by atoms with Crippen LogP contribution < -0.4 is 9.64 Å². The molecule has 0 radical (unpaired) electrons. The van der Waals surface area contributed by atoms with E-state index in [1.54, 1.807) is 7.11 Å². The van der Waals surface area contributed by atoms with Gasteiger partial charge < -0.3 is 14.2 Å². The Morgan fingerprint density at radius 1 is 1.32 bits per heavy atom. The smallest absolute Gasteiger partial charge is 0.228 e. The third-order valence-corrected chi connectivity index (χ3v) is 5.04. The molecule has 0 saturated carbocycles. The Morgan fingerprint density at radius 3 is 2.80 bits per heavy atom. The molecule has 0 N–H and O–H groups in total. The predicted molar refractivity (Wildman–Crippen MR) is 97.9 cm³/mol. The molecule has 0 aliphatic carbocycles. The van der Waals surface area contributed by atoms with Crippen LogP contribution in [0, 0.1) is 12.8 Å². The van der Waals surface area contributed by atoms with Crippen molar-refractivity contribution in [2.75, 3.05) is 39.2 Å². The predicted octanol–water partition coefficient (Wildman–Crippen LogP) is 2.05. The Labute approximate surface area is 149 Å². The highest BCUT2D eigenvalue weighted by molar-refractivity contribution is 5.33. The van der Waals surface area contributed by atoms with Crippen molar-refractivity contribution in [1.29, 1.82) is 0 Å². The first-order valence-corrected chi connectivity index (χ1v) is 8.77. The molecule has 0 unspecified atom stereocenters. The van der Waals surface area contributed by atoms with Crippen molar-refractivity contribution in [1.82, 2.24) is 24.4 Å². The van der Waals surface area contributed by atoms with Gasteiger partial charge in [-0.3, -0.25) is 4.90 Å². The van der Waals surface area contributed by atoms with E-state index >= 15 is 0 Å². The van der Waals surface area contributed by atoms with Gasteiger partial charge >= 0.3 is 0 Å². The Bertz CT molecular complexity index is 715. The molecule has 3 heterocycles. The summed E-state index contributed by atoms with van der Waals surface area (Å²) < 4.78 is 7.42. The Hall–Kier alpha value is -2.15. The van der Waals surface area contributed by atoms with Gasteiger partial charge in [-0.05, 0) is 39.3 Å². The number of imidazole rings is 1. The first kappa shape index (κ1) is 17.7. The van der Waals surface area contributed by atoms with Crippen LogP contribution in [0.25, 0.3) is 0 Å². The summed E-state index contributed by atoms with van der Waals surface area (Å²) in [6.45, 7) is 3.98. The third kappa shape index (κ3) is 3.76. The molecule has 2 atom stereocenters. The lowest BCUT2D eigenvalue weighted by molar-refractivity contribution is 0.118. The summed E-state index contributed by atoms with van der Waals surface area (Å²) in [6.07, 6.45) is 6.27. The van der Waals surface area contributed by atoms with Crippen LogP contribution in [0.2, 0.25) is 0 Å². The molecule has 7 heteroatoms. The van der Waals surface area contributed by atoms with Crippen LogP contribution in [-0.2, 0) is 7.05 Å². The number of likely N-dealkylation sites (tertiary alicyclic amines) is 1. The summed E-state index contributed by atoms with van der Waals surface area (Å²) in [7, 11) is 7.97. The van der Waals surface area contributed by atoms with Gasteiger partial charge in [0.15, 0.2) is 0 Å². The number of nitrogens with zero attached hydrogens (tertiary/aromatic N) is 6. The van der Waals surface area contributed by atoms with Gasteiger partial charge in [0.25, 0.3) is 0 Å². The van der Waals surface area contributed by atoms with Crippen molar-refractivity contribution >= 4 is 5.95 Å². The zero-order chi connectivity index (χ0) is 18.0. The Balaban J connectivity index is 1.82. The maximum absolute atomic E-state index is 5.29. The van der Waals surface area contributed by atoms with Crippen molar-refractivity contribution in [2.45, 2.75) is 25.8 Å². The minimum absolute atomic E-state index is 0.357. The molecule has 7 nitrogen and oxygen atoms in total. The number of anilines is 1. The molecule has 2 aromatic heterocycles. The zero-order valence-corrected chi connectivity index (χ0v) is 15.8. The number of hydrogen-bond donors (Lipinski definition) is 0. The molecule has 136 valence electrons. The highest BCUT2D eigenvalue weighted by Crippen LogP contribution is 2.35. The summed E-state index contributed by atoms with van der Waals surface area (Å²) in [5.41, 5.74) is 2.18. The number of piperidine rings is 1. The van der Waals surface area contributed by atoms with E-state index in [4.69, 9.17) is 4.74 Å². The molecule has 1 saturated heterocycles. The van der Waals surface area contributed by atoms with Gasteiger partial charge in [0.2, 0.25) is 11.8 Å². The molecule has 1 aliphatic rings. The van der Waals surface area contributed by atoms with Gasteiger partial charge in [-0.15, -0.1) is 0 Å². The van der Waals surface area contributed by atoms with Crippen molar-refractivity contribution in [2.24, 2.45) is 13.0 Å². The summed E-state index contributed by atoms with van der Waals surface area (Å²) in [5, 5.41) is 0. The largest absolute Gasteiger partial charge is 0.481 e. The highest BCUT2D eigenvalue weighted by atomic mass is 16.5. The summed E-state index contributed by atoms with van der Waals surface area (Å²) >= 11 is 0. The molecule has 2 aromatic rings. The lowest BCUT2D eigenvalue weighted by Gasteiger charge is -2.40. The molecule has 3 rings (SSSR count). The van der Waals surface area contributed by atoms with Gasteiger partial charge in [-0.25, -0.2) is 9.97 Å². The second-order valence-electron chi connectivity index (χ2n) is 6.99. The van der Waals surface area contributed by atoms with E-state index in [1.165, 1.54) is 18.5 Å². The van der Waals surface area contributed by atoms with Gasteiger partial charge in [0.1, 0.15) is 0 Å². The monoisotopic (exact) mass is 344 g/mol. The summed E-state index contributed by atoms with van der Waals surface area (Å²) in [5.74, 6) is 1.82. The standard InChI is InChI=1S/C18H28N6O/c1-13-9-16(25-5)21-18(20-13)23(3)11-14-7-6-8-22(2)17(14)15-10-19-12-24(15)4/h9-10,12,14,17H,6-8,11H2,1-5H3/t14-,17+/m0/s1. The van der Waals surface area contributed by atoms with Crippen LogP contribution in [0.3, 0.4) is 0 Å². The minimum atomic E-state index is 0.357. The van der Waals surface area contributed by atoms with E-state index in [2.05, 4.69) is 50.5 Å². The van der Waals surface area contributed by atoms with Crippen molar-refractivity contribution in [3.05, 3.63) is 30.0 Å². The van der Waals surface area contributed by atoms with Crippen LogP contribution in [0.1, 0.15) is 30.3 Å². The van der Waals surface area contributed by atoms with Crippen LogP contribution in [0.4, 0.5) is 5.95 Å². The van der Waals surface area contributed by atoms with Crippen LogP contribution in [0.5, 0.6) is 5.88 Å². The van der Waals surface area contributed by atoms with E-state index in [0.717, 1.165) is 18.8 Å².